The van der Waals surface area contributed by atoms with Crippen LogP contribution >= 0.6 is 0 Å². The van der Waals surface area contributed by atoms with E-state index in [4.69, 9.17) is 5.11 Å². The number of nitrogens with zero attached hydrogens (tertiary/aromatic N) is 2. The van der Waals surface area contributed by atoms with Gasteiger partial charge in [-0.1, -0.05) is 12.1 Å². The number of carboxylic acid groups (broad SMARTS) is 1. The van der Waals surface area contributed by atoms with E-state index < -0.39 is 47.2 Å². The third kappa shape index (κ3) is 3.31. The molecule has 0 unspecified atom stereocenters. The second-order valence-corrected chi connectivity index (χ2v) is 6.45. The average molecular weight is 370 g/mol. The number of halogens is 3. The van der Waals surface area contributed by atoms with E-state index in [-0.39, 0.29) is 6.42 Å². The summed E-state index contributed by atoms with van der Waals surface area (Å²) in [6, 6.07) is 3.64. The first-order valence-electron chi connectivity index (χ1n) is 8.20. The first kappa shape index (κ1) is 18.4. The van der Waals surface area contributed by atoms with Gasteiger partial charge in [-0.3, -0.25) is 19.3 Å². The molecule has 1 atom stereocenters. The van der Waals surface area contributed by atoms with Gasteiger partial charge in [-0.25, -0.2) is 4.90 Å². The van der Waals surface area contributed by atoms with Gasteiger partial charge in [-0.2, -0.15) is 13.2 Å². The number of hydrogen-bond acceptors (Lipinski definition) is 4. The molecule has 140 valence electrons. The number of alkyl halides is 3. The number of anilines is 1. The smallest absolute Gasteiger partial charge is 0.418 e. The Morgan fingerprint density at radius 3 is 2.31 bits per heavy atom. The van der Waals surface area contributed by atoms with Gasteiger partial charge in [0.1, 0.15) is 0 Å². The molecular formula is C17H17F3N2O4. The zero-order valence-electron chi connectivity index (χ0n) is 13.7. The number of para-hydroxylation sites is 1. The first-order valence-corrected chi connectivity index (χ1v) is 8.20. The van der Waals surface area contributed by atoms with Crippen molar-refractivity contribution in [1.82, 2.24) is 4.90 Å². The van der Waals surface area contributed by atoms with E-state index >= 15 is 0 Å². The van der Waals surface area contributed by atoms with E-state index in [2.05, 4.69) is 0 Å². The molecule has 2 aliphatic heterocycles. The van der Waals surface area contributed by atoms with Gasteiger partial charge >= 0.3 is 12.1 Å². The normalized spacial score (nSPS) is 22.9. The van der Waals surface area contributed by atoms with Gasteiger partial charge in [-0.05, 0) is 38.1 Å². The Labute approximate surface area is 147 Å². The summed E-state index contributed by atoms with van der Waals surface area (Å²) in [6.07, 6.45) is -4.21. The number of likely N-dealkylation sites (tertiary alicyclic amines) is 1. The summed E-state index contributed by atoms with van der Waals surface area (Å²) >= 11 is 0. The molecule has 0 spiro atoms. The molecule has 6 nitrogen and oxygen atoms in total. The van der Waals surface area contributed by atoms with Gasteiger partial charge in [0, 0.05) is 0 Å². The van der Waals surface area contributed by atoms with E-state index in [1.165, 1.54) is 12.1 Å². The van der Waals surface area contributed by atoms with Crippen LogP contribution in [0.3, 0.4) is 0 Å². The third-order valence-electron chi connectivity index (χ3n) is 4.89. The van der Waals surface area contributed by atoms with Crippen LogP contribution in [0.25, 0.3) is 0 Å². The standard InChI is InChI=1S/C17H17F3N2O4/c18-17(19,20)11-3-1-2-4-12(11)22-14(23)9-13(15(22)24)21-7-5-10(6-8-21)16(25)26/h1-4,10,13H,5-9H2,(H,25,26)/t13-/m0/s1. The number of hydrogen-bond donors (Lipinski definition) is 1. The molecule has 0 aliphatic carbocycles. The number of carbonyl (C=O) groups is 3. The van der Waals surface area contributed by atoms with E-state index in [0.29, 0.717) is 30.8 Å². The average Bonchev–Trinajstić information content (AvgIpc) is 2.88. The van der Waals surface area contributed by atoms with E-state index in [1.807, 2.05) is 0 Å². The minimum atomic E-state index is -4.69. The van der Waals surface area contributed by atoms with Crippen LogP contribution in [0.2, 0.25) is 0 Å². The molecule has 0 aromatic heterocycles. The molecule has 2 saturated heterocycles. The minimum absolute atomic E-state index is 0.206. The van der Waals surface area contributed by atoms with Crippen molar-refractivity contribution < 1.29 is 32.7 Å². The number of carboxylic acids is 1. The summed E-state index contributed by atoms with van der Waals surface area (Å²) in [5, 5.41) is 9.03. The molecule has 0 saturated carbocycles. The van der Waals surface area contributed by atoms with Crippen LogP contribution in [-0.4, -0.2) is 46.9 Å². The molecule has 1 N–H and O–H groups in total. The largest absolute Gasteiger partial charge is 0.481 e. The van der Waals surface area contributed by atoms with Crippen molar-refractivity contribution in [2.75, 3.05) is 18.0 Å². The Morgan fingerprint density at radius 2 is 1.73 bits per heavy atom. The zero-order chi connectivity index (χ0) is 19.1. The maximum atomic E-state index is 13.2. The van der Waals surface area contributed by atoms with Crippen LogP contribution in [0.15, 0.2) is 24.3 Å². The molecular weight excluding hydrogens is 353 g/mol. The summed E-state index contributed by atoms with van der Waals surface area (Å²) in [4.78, 5) is 38.3. The quantitative estimate of drug-likeness (QED) is 0.825. The van der Waals surface area contributed by atoms with Gasteiger partial charge in [0.2, 0.25) is 5.91 Å². The highest BCUT2D eigenvalue weighted by Gasteiger charge is 2.46. The second kappa shape index (κ2) is 6.71. The number of amides is 2. The van der Waals surface area contributed by atoms with Crippen LogP contribution in [0.4, 0.5) is 18.9 Å². The van der Waals surface area contributed by atoms with E-state index in [9.17, 15) is 27.6 Å². The number of rotatable bonds is 3. The van der Waals surface area contributed by atoms with Crippen molar-refractivity contribution in [1.29, 1.82) is 0 Å². The highest BCUT2D eigenvalue weighted by atomic mass is 19.4. The summed E-state index contributed by atoms with van der Waals surface area (Å²) in [6.45, 7) is 0.630. The van der Waals surface area contributed by atoms with Crippen molar-refractivity contribution in [2.24, 2.45) is 5.92 Å². The predicted octanol–water partition coefficient (Wildman–Crippen LogP) is 2.13. The highest BCUT2D eigenvalue weighted by Crippen LogP contribution is 2.39. The molecule has 2 aliphatic rings. The highest BCUT2D eigenvalue weighted by molar-refractivity contribution is 6.22. The van der Waals surface area contributed by atoms with Gasteiger partial charge in [0.15, 0.2) is 0 Å². The fourth-order valence-corrected chi connectivity index (χ4v) is 3.52. The molecule has 2 fully saturated rings. The lowest BCUT2D eigenvalue weighted by molar-refractivity contribution is -0.143. The lowest BCUT2D eigenvalue weighted by atomic mass is 9.95. The van der Waals surface area contributed by atoms with Crippen molar-refractivity contribution >= 4 is 23.5 Å². The number of imide groups is 1. The van der Waals surface area contributed by atoms with Crippen molar-refractivity contribution in [3.63, 3.8) is 0 Å². The van der Waals surface area contributed by atoms with Crippen LogP contribution in [-0.2, 0) is 20.6 Å². The molecule has 3 rings (SSSR count). The van der Waals surface area contributed by atoms with Gasteiger partial charge < -0.3 is 5.11 Å². The number of benzene rings is 1. The third-order valence-corrected chi connectivity index (χ3v) is 4.89. The summed E-state index contributed by atoms with van der Waals surface area (Å²) in [7, 11) is 0. The lowest BCUT2D eigenvalue weighted by Gasteiger charge is -2.33. The molecule has 1 aromatic rings. The van der Waals surface area contributed by atoms with Crippen molar-refractivity contribution in [2.45, 2.75) is 31.5 Å². The second-order valence-electron chi connectivity index (χ2n) is 6.45. The lowest BCUT2D eigenvalue weighted by Crippen LogP contribution is -2.47. The fraction of sp³-hybridized carbons (Fsp3) is 0.471. The molecule has 0 bridgehead atoms. The predicted molar refractivity (Wildman–Crippen MR) is 84.3 cm³/mol. The van der Waals surface area contributed by atoms with Crippen LogP contribution in [0.5, 0.6) is 0 Å². The summed E-state index contributed by atoms with van der Waals surface area (Å²) < 4.78 is 39.6. The Bertz CT molecular complexity index is 742. The number of carbonyl (C=O) groups excluding carboxylic acids is 2. The molecule has 9 heteroatoms. The van der Waals surface area contributed by atoms with Crippen molar-refractivity contribution in [3.8, 4) is 0 Å². The maximum absolute atomic E-state index is 13.2. The Morgan fingerprint density at radius 1 is 1.12 bits per heavy atom. The van der Waals surface area contributed by atoms with Crippen LogP contribution in [0, 0.1) is 5.92 Å². The molecule has 2 heterocycles. The van der Waals surface area contributed by atoms with Crippen molar-refractivity contribution in [3.05, 3.63) is 29.8 Å². The Hall–Kier alpha value is -2.42. The monoisotopic (exact) mass is 370 g/mol. The maximum Gasteiger partial charge on any atom is 0.418 e. The number of aliphatic carboxylic acids is 1. The molecule has 26 heavy (non-hydrogen) atoms. The van der Waals surface area contributed by atoms with Gasteiger partial charge in [-0.15, -0.1) is 0 Å². The number of piperidine rings is 1. The van der Waals surface area contributed by atoms with Crippen LogP contribution in [0.1, 0.15) is 24.8 Å². The van der Waals surface area contributed by atoms with Gasteiger partial charge in [0.25, 0.3) is 5.91 Å². The molecule has 2 amide bonds. The Kier molecular flexibility index (Phi) is 4.74. The summed E-state index contributed by atoms with van der Waals surface area (Å²) in [5.74, 6) is -2.78. The van der Waals surface area contributed by atoms with E-state index in [1.54, 1.807) is 4.90 Å². The van der Waals surface area contributed by atoms with E-state index in [0.717, 1.165) is 12.1 Å². The molecule has 0 radical (unpaired) electrons. The topological polar surface area (TPSA) is 77.9 Å². The fourth-order valence-electron chi connectivity index (χ4n) is 3.52. The SMILES string of the molecule is O=C(O)C1CCN([C@H]2CC(=O)N(c3ccccc3C(F)(F)F)C2=O)CC1. The molecule has 1 aromatic carbocycles. The Balaban J connectivity index is 1.82. The zero-order valence-corrected chi connectivity index (χ0v) is 13.7. The minimum Gasteiger partial charge on any atom is -0.481 e. The first-order chi connectivity index (χ1) is 12.2. The van der Waals surface area contributed by atoms with Gasteiger partial charge in [0.05, 0.1) is 29.6 Å². The van der Waals surface area contributed by atoms with Crippen LogP contribution < -0.4 is 4.90 Å². The summed E-state index contributed by atoms with van der Waals surface area (Å²) in [5.41, 5.74) is -1.50.